The number of hydrogen-bond donors (Lipinski definition) is 0. The van der Waals surface area contributed by atoms with Gasteiger partial charge in [-0.05, 0) is 37.1 Å². The molecule has 1 aromatic carbocycles. The van der Waals surface area contributed by atoms with Crippen molar-refractivity contribution in [2.75, 3.05) is 6.54 Å². The molecule has 0 bridgehead atoms. The highest BCUT2D eigenvalue weighted by Crippen LogP contribution is 2.26. The maximum absolute atomic E-state index is 12.8. The van der Waals surface area contributed by atoms with Crippen molar-refractivity contribution in [1.29, 1.82) is 0 Å². The van der Waals surface area contributed by atoms with Gasteiger partial charge in [0.2, 0.25) is 16.1 Å². The van der Waals surface area contributed by atoms with E-state index in [9.17, 15) is 17.6 Å². The second kappa shape index (κ2) is 4.97. The van der Waals surface area contributed by atoms with Gasteiger partial charge in [-0.3, -0.25) is 0 Å². The van der Waals surface area contributed by atoms with Crippen LogP contribution in [0.25, 0.3) is 0 Å². The molecule has 96 valence electrons. The number of isocyanates is 1. The fourth-order valence-corrected chi connectivity index (χ4v) is 3.53. The minimum Gasteiger partial charge on any atom is -0.211 e. The zero-order chi connectivity index (χ0) is 13.2. The first kappa shape index (κ1) is 12.9. The normalized spacial score (nSPS) is 20.6. The standard InChI is InChI=1S/C11H11FN2O3S/c12-9-3-5-10(6-4-9)18(16,17)14-7-1-2-11(14)13-8-15/h3-6,11H,1-2,7H2. The molecule has 0 spiro atoms. The van der Waals surface area contributed by atoms with Gasteiger partial charge in [0.25, 0.3) is 0 Å². The molecule has 5 nitrogen and oxygen atoms in total. The molecule has 0 saturated carbocycles. The number of rotatable bonds is 3. The molecule has 1 heterocycles. The molecular formula is C11H11FN2O3S. The van der Waals surface area contributed by atoms with E-state index in [1.54, 1.807) is 0 Å². The van der Waals surface area contributed by atoms with Crippen molar-refractivity contribution in [1.82, 2.24) is 4.31 Å². The lowest BCUT2D eigenvalue weighted by atomic mass is 10.3. The van der Waals surface area contributed by atoms with Gasteiger partial charge < -0.3 is 0 Å². The number of sulfonamides is 1. The van der Waals surface area contributed by atoms with Gasteiger partial charge in [0.1, 0.15) is 12.0 Å². The van der Waals surface area contributed by atoms with Crippen LogP contribution in [-0.2, 0) is 14.8 Å². The van der Waals surface area contributed by atoms with E-state index in [2.05, 4.69) is 4.99 Å². The summed E-state index contributed by atoms with van der Waals surface area (Å²) in [5.41, 5.74) is 0. The number of benzene rings is 1. The Morgan fingerprint density at radius 3 is 2.61 bits per heavy atom. The highest BCUT2D eigenvalue weighted by atomic mass is 32.2. The molecule has 1 unspecified atom stereocenters. The zero-order valence-electron chi connectivity index (χ0n) is 9.41. The van der Waals surface area contributed by atoms with E-state index in [1.165, 1.54) is 18.2 Å². The van der Waals surface area contributed by atoms with Gasteiger partial charge in [-0.2, -0.15) is 9.30 Å². The molecule has 0 aliphatic carbocycles. The number of aliphatic imine (C=N–C) groups is 1. The maximum Gasteiger partial charge on any atom is 0.244 e. The lowest BCUT2D eigenvalue weighted by molar-refractivity contribution is 0.395. The van der Waals surface area contributed by atoms with E-state index in [0.717, 1.165) is 16.4 Å². The van der Waals surface area contributed by atoms with Gasteiger partial charge in [0.05, 0.1) is 4.90 Å². The summed E-state index contributed by atoms with van der Waals surface area (Å²) in [6.45, 7) is 0.301. The lowest BCUT2D eigenvalue weighted by Gasteiger charge is -2.19. The number of carbonyl (C=O) groups excluding carboxylic acids is 1. The first-order valence-electron chi connectivity index (χ1n) is 5.40. The van der Waals surface area contributed by atoms with Crippen LogP contribution in [0.1, 0.15) is 12.8 Å². The molecule has 0 radical (unpaired) electrons. The van der Waals surface area contributed by atoms with Crippen LogP contribution in [0.5, 0.6) is 0 Å². The molecule has 2 rings (SSSR count). The molecule has 1 aliphatic heterocycles. The number of halogens is 1. The highest BCUT2D eigenvalue weighted by molar-refractivity contribution is 7.89. The van der Waals surface area contributed by atoms with Gasteiger partial charge in [-0.15, -0.1) is 0 Å². The molecule has 18 heavy (non-hydrogen) atoms. The van der Waals surface area contributed by atoms with Gasteiger partial charge in [0.15, 0.2) is 0 Å². The maximum atomic E-state index is 12.8. The van der Waals surface area contributed by atoms with E-state index < -0.39 is 22.0 Å². The predicted molar refractivity (Wildman–Crippen MR) is 61.4 cm³/mol. The first-order valence-corrected chi connectivity index (χ1v) is 6.84. The SMILES string of the molecule is O=C=NC1CCCN1S(=O)(=O)c1ccc(F)cc1. The van der Waals surface area contributed by atoms with Gasteiger partial charge in [0, 0.05) is 6.54 Å². The van der Waals surface area contributed by atoms with Crippen LogP contribution in [0.15, 0.2) is 34.2 Å². The Hall–Kier alpha value is -1.56. The summed E-state index contributed by atoms with van der Waals surface area (Å²) in [5, 5.41) is 0. The molecule has 0 aromatic heterocycles. The quantitative estimate of drug-likeness (QED) is 0.613. The molecule has 0 N–H and O–H groups in total. The summed E-state index contributed by atoms with van der Waals surface area (Å²) in [7, 11) is -3.73. The van der Waals surface area contributed by atoms with Gasteiger partial charge in [-0.25, -0.2) is 17.6 Å². The second-order valence-electron chi connectivity index (χ2n) is 3.91. The Labute approximate surface area is 104 Å². The summed E-state index contributed by atoms with van der Waals surface area (Å²) in [4.78, 5) is 13.7. The van der Waals surface area contributed by atoms with Crippen LogP contribution in [-0.4, -0.2) is 31.5 Å². The molecule has 1 aromatic rings. The summed E-state index contributed by atoms with van der Waals surface area (Å²) < 4.78 is 38.4. The molecular weight excluding hydrogens is 259 g/mol. The average molecular weight is 270 g/mol. The smallest absolute Gasteiger partial charge is 0.211 e. The molecule has 0 amide bonds. The first-order chi connectivity index (χ1) is 8.55. The highest BCUT2D eigenvalue weighted by Gasteiger charge is 2.35. The Morgan fingerprint density at radius 1 is 1.33 bits per heavy atom. The minimum absolute atomic E-state index is 0.00287. The fraction of sp³-hybridized carbons (Fsp3) is 0.364. The lowest BCUT2D eigenvalue weighted by Crippen LogP contribution is -2.34. The minimum atomic E-state index is -3.73. The largest absolute Gasteiger partial charge is 0.244 e. The van der Waals surface area contributed by atoms with Crippen LogP contribution < -0.4 is 0 Å². The second-order valence-corrected chi connectivity index (χ2v) is 5.80. The Balaban J connectivity index is 2.36. The van der Waals surface area contributed by atoms with Gasteiger partial charge in [-0.1, -0.05) is 0 Å². The summed E-state index contributed by atoms with van der Waals surface area (Å²) in [6, 6.07) is 4.57. The van der Waals surface area contributed by atoms with Crippen molar-refractivity contribution in [2.24, 2.45) is 4.99 Å². The van der Waals surface area contributed by atoms with E-state index in [-0.39, 0.29) is 4.90 Å². The Morgan fingerprint density at radius 2 is 2.00 bits per heavy atom. The monoisotopic (exact) mass is 270 g/mol. The molecule has 1 saturated heterocycles. The van der Waals surface area contributed by atoms with Crippen molar-refractivity contribution in [3.63, 3.8) is 0 Å². The van der Waals surface area contributed by atoms with Crippen molar-refractivity contribution >= 4 is 16.1 Å². The van der Waals surface area contributed by atoms with Crippen molar-refractivity contribution < 1.29 is 17.6 Å². The van der Waals surface area contributed by atoms with Crippen molar-refractivity contribution in [2.45, 2.75) is 23.9 Å². The third-order valence-corrected chi connectivity index (χ3v) is 4.71. The average Bonchev–Trinajstić information content (AvgIpc) is 2.79. The van der Waals surface area contributed by atoms with Crippen molar-refractivity contribution in [3.8, 4) is 0 Å². The van der Waals surface area contributed by atoms with E-state index in [4.69, 9.17) is 0 Å². The van der Waals surface area contributed by atoms with Crippen LogP contribution in [0.3, 0.4) is 0 Å². The van der Waals surface area contributed by atoms with Crippen LogP contribution in [0.4, 0.5) is 4.39 Å². The molecule has 1 atom stereocenters. The Kier molecular flexibility index (Phi) is 3.56. The molecule has 7 heteroatoms. The van der Waals surface area contributed by atoms with Crippen molar-refractivity contribution in [3.05, 3.63) is 30.1 Å². The topological polar surface area (TPSA) is 66.8 Å². The van der Waals surface area contributed by atoms with Gasteiger partial charge >= 0.3 is 0 Å². The summed E-state index contributed by atoms with van der Waals surface area (Å²) in [5.74, 6) is -0.502. The molecule has 1 fully saturated rings. The summed E-state index contributed by atoms with van der Waals surface area (Å²) >= 11 is 0. The predicted octanol–water partition coefficient (Wildman–Crippen LogP) is 1.27. The van der Waals surface area contributed by atoms with Crippen LogP contribution in [0.2, 0.25) is 0 Å². The number of hydrogen-bond acceptors (Lipinski definition) is 4. The molecule has 1 aliphatic rings. The third-order valence-electron chi connectivity index (χ3n) is 2.80. The van der Waals surface area contributed by atoms with Crippen LogP contribution >= 0.6 is 0 Å². The van der Waals surface area contributed by atoms with E-state index in [0.29, 0.717) is 19.4 Å². The van der Waals surface area contributed by atoms with E-state index >= 15 is 0 Å². The van der Waals surface area contributed by atoms with Crippen LogP contribution in [0, 0.1) is 5.82 Å². The van der Waals surface area contributed by atoms with E-state index in [1.807, 2.05) is 0 Å². The zero-order valence-corrected chi connectivity index (χ0v) is 10.2. The number of nitrogens with zero attached hydrogens (tertiary/aromatic N) is 2. The third kappa shape index (κ3) is 2.33. The fourth-order valence-electron chi connectivity index (χ4n) is 1.93. The Bertz CT molecular complexity index is 579. The summed E-state index contributed by atoms with van der Waals surface area (Å²) in [6.07, 6.45) is 1.82.